The van der Waals surface area contributed by atoms with Gasteiger partial charge in [-0.3, -0.25) is 4.90 Å². The Kier molecular flexibility index (Phi) is 3.72. The van der Waals surface area contributed by atoms with Crippen LogP contribution in [-0.4, -0.2) is 18.0 Å². The van der Waals surface area contributed by atoms with E-state index >= 15 is 0 Å². The maximum atomic E-state index is 5.98. The van der Waals surface area contributed by atoms with Gasteiger partial charge in [-0.1, -0.05) is 24.9 Å². The van der Waals surface area contributed by atoms with Gasteiger partial charge >= 0.3 is 0 Å². The van der Waals surface area contributed by atoms with Crippen LogP contribution in [0.15, 0.2) is 18.2 Å². The van der Waals surface area contributed by atoms with Gasteiger partial charge in [0.1, 0.15) is 0 Å². The molecule has 1 aliphatic rings. The van der Waals surface area contributed by atoms with E-state index in [1.165, 1.54) is 25.9 Å². The molecule has 0 radical (unpaired) electrons. The van der Waals surface area contributed by atoms with Crippen molar-refractivity contribution in [3.63, 3.8) is 0 Å². The minimum atomic E-state index is 0.774. The number of nitrogens with zero attached hydrogens (tertiary/aromatic N) is 1. The second-order valence-corrected chi connectivity index (χ2v) is 5.08. The van der Waals surface area contributed by atoms with Gasteiger partial charge in [-0.2, -0.15) is 0 Å². The minimum absolute atomic E-state index is 0.774. The summed E-state index contributed by atoms with van der Waals surface area (Å²) in [6.07, 6.45) is 2.60. The molecule has 1 aromatic rings. The summed E-state index contributed by atoms with van der Waals surface area (Å²) in [5.74, 6) is 0.861. The Morgan fingerprint density at radius 3 is 3.00 bits per heavy atom. The van der Waals surface area contributed by atoms with Crippen LogP contribution in [0.4, 0.5) is 5.69 Å². The van der Waals surface area contributed by atoms with Crippen LogP contribution < -0.4 is 5.73 Å². The molecular weight excluding hydrogens is 220 g/mol. The molecule has 1 heterocycles. The van der Waals surface area contributed by atoms with E-state index in [1.54, 1.807) is 0 Å². The van der Waals surface area contributed by atoms with Crippen molar-refractivity contribution in [3.05, 3.63) is 28.8 Å². The second-order valence-electron chi connectivity index (χ2n) is 4.64. The number of nitrogens with two attached hydrogens (primary N) is 1. The third kappa shape index (κ3) is 2.69. The van der Waals surface area contributed by atoms with Gasteiger partial charge in [0.15, 0.2) is 0 Å². The van der Waals surface area contributed by atoms with Gasteiger partial charge in [0.25, 0.3) is 0 Å². The van der Waals surface area contributed by atoms with Crippen LogP contribution in [0.1, 0.15) is 25.3 Å². The van der Waals surface area contributed by atoms with Crippen molar-refractivity contribution in [2.24, 2.45) is 5.92 Å². The van der Waals surface area contributed by atoms with Crippen molar-refractivity contribution < 1.29 is 0 Å². The molecule has 2 N–H and O–H groups in total. The number of benzene rings is 1. The molecule has 1 aromatic carbocycles. The molecule has 1 aliphatic heterocycles. The number of likely N-dealkylation sites (tertiary alicyclic amines) is 1. The normalized spacial score (nSPS) is 21.5. The Labute approximate surface area is 102 Å². The van der Waals surface area contributed by atoms with E-state index in [0.29, 0.717) is 0 Å². The van der Waals surface area contributed by atoms with Crippen molar-refractivity contribution >= 4 is 17.3 Å². The largest absolute Gasteiger partial charge is 0.398 e. The van der Waals surface area contributed by atoms with Gasteiger partial charge in [0, 0.05) is 23.8 Å². The van der Waals surface area contributed by atoms with Crippen molar-refractivity contribution in [3.8, 4) is 0 Å². The summed E-state index contributed by atoms with van der Waals surface area (Å²) in [6, 6.07) is 5.72. The van der Waals surface area contributed by atoms with Gasteiger partial charge in [-0.25, -0.2) is 0 Å². The third-order valence-corrected chi connectivity index (χ3v) is 3.68. The van der Waals surface area contributed by atoms with Crippen LogP contribution in [0, 0.1) is 5.92 Å². The van der Waals surface area contributed by atoms with Crippen molar-refractivity contribution in [1.82, 2.24) is 4.90 Å². The monoisotopic (exact) mass is 238 g/mol. The van der Waals surface area contributed by atoms with Crippen LogP contribution in [0.25, 0.3) is 0 Å². The topological polar surface area (TPSA) is 29.3 Å². The Hall–Kier alpha value is -0.730. The van der Waals surface area contributed by atoms with Gasteiger partial charge in [0.2, 0.25) is 0 Å². The Bertz CT molecular complexity index is 365. The Balaban J connectivity index is 2.01. The zero-order valence-corrected chi connectivity index (χ0v) is 10.5. The first-order valence-electron chi connectivity index (χ1n) is 5.95. The lowest BCUT2D eigenvalue weighted by Gasteiger charge is -2.17. The summed E-state index contributed by atoms with van der Waals surface area (Å²) >= 11 is 5.98. The maximum Gasteiger partial charge on any atom is 0.0410 e. The fraction of sp³-hybridized carbons (Fsp3) is 0.538. The smallest absolute Gasteiger partial charge is 0.0410 e. The van der Waals surface area contributed by atoms with E-state index in [2.05, 4.69) is 11.8 Å². The number of hydrogen-bond acceptors (Lipinski definition) is 2. The summed E-state index contributed by atoms with van der Waals surface area (Å²) in [7, 11) is 0. The molecule has 3 heteroatoms. The summed E-state index contributed by atoms with van der Waals surface area (Å²) < 4.78 is 0. The zero-order chi connectivity index (χ0) is 11.5. The van der Waals surface area contributed by atoms with E-state index in [-0.39, 0.29) is 0 Å². The Morgan fingerprint density at radius 2 is 2.31 bits per heavy atom. The number of rotatable bonds is 3. The maximum absolute atomic E-state index is 5.98. The lowest BCUT2D eigenvalue weighted by atomic mass is 10.1. The average molecular weight is 239 g/mol. The van der Waals surface area contributed by atoms with Crippen LogP contribution in [0.5, 0.6) is 0 Å². The summed E-state index contributed by atoms with van der Waals surface area (Å²) in [5, 5.41) is 0.774. The van der Waals surface area contributed by atoms with Gasteiger partial charge in [-0.15, -0.1) is 0 Å². The molecule has 0 saturated carbocycles. The van der Waals surface area contributed by atoms with Crippen LogP contribution >= 0.6 is 11.6 Å². The SMILES string of the molecule is CCC1CCN(Cc2cc(Cl)ccc2N)C1. The van der Waals surface area contributed by atoms with Gasteiger partial charge in [0.05, 0.1) is 0 Å². The fourth-order valence-corrected chi connectivity index (χ4v) is 2.54. The lowest BCUT2D eigenvalue weighted by molar-refractivity contribution is 0.316. The first-order valence-corrected chi connectivity index (χ1v) is 6.33. The van der Waals surface area contributed by atoms with Crippen molar-refractivity contribution in [2.45, 2.75) is 26.3 Å². The average Bonchev–Trinajstić information content (AvgIpc) is 2.71. The zero-order valence-electron chi connectivity index (χ0n) is 9.75. The van der Waals surface area contributed by atoms with E-state index < -0.39 is 0 Å². The fourth-order valence-electron chi connectivity index (χ4n) is 2.34. The van der Waals surface area contributed by atoms with E-state index in [0.717, 1.165) is 28.7 Å². The highest BCUT2D eigenvalue weighted by Gasteiger charge is 2.21. The minimum Gasteiger partial charge on any atom is -0.398 e. The molecular formula is C13H19ClN2. The van der Waals surface area contributed by atoms with Gasteiger partial charge < -0.3 is 5.73 Å². The van der Waals surface area contributed by atoms with E-state index in [9.17, 15) is 0 Å². The summed E-state index contributed by atoms with van der Waals surface area (Å²) in [6.45, 7) is 5.58. The van der Waals surface area contributed by atoms with Crippen molar-refractivity contribution in [1.29, 1.82) is 0 Å². The molecule has 1 saturated heterocycles. The summed E-state index contributed by atoms with van der Waals surface area (Å²) in [4.78, 5) is 2.47. The second kappa shape index (κ2) is 5.07. The lowest BCUT2D eigenvalue weighted by Crippen LogP contribution is -2.20. The molecule has 88 valence electrons. The molecule has 0 bridgehead atoms. The van der Waals surface area contributed by atoms with Gasteiger partial charge in [-0.05, 0) is 42.6 Å². The molecule has 0 aromatic heterocycles. The molecule has 2 nitrogen and oxygen atoms in total. The first kappa shape index (κ1) is 11.7. The number of hydrogen-bond donors (Lipinski definition) is 1. The van der Waals surface area contributed by atoms with Crippen LogP contribution in [-0.2, 0) is 6.54 Å². The molecule has 0 spiro atoms. The summed E-state index contributed by atoms with van der Waals surface area (Å²) in [5.41, 5.74) is 7.96. The molecule has 0 aliphatic carbocycles. The number of anilines is 1. The van der Waals surface area contributed by atoms with E-state index in [4.69, 9.17) is 17.3 Å². The van der Waals surface area contributed by atoms with Crippen LogP contribution in [0.2, 0.25) is 5.02 Å². The van der Waals surface area contributed by atoms with E-state index in [1.807, 2.05) is 18.2 Å². The third-order valence-electron chi connectivity index (χ3n) is 3.45. The Morgan fingerprint density at radius 1 is 1.50 bits per heavy atom. The quantitative estimate of drug-likeness (QED) is 0.820. The first-order chi connectivity index (χ1) is 7.69. The highest BCUT2D eigenvalue weighted by molar-refractivity contribution is 6.30. The molecule has 1 atom stereocenters. The standard InChI is InChI=1S/C13H19ClN2/c1-2-10-5-6-16(8-10)9-11-7-12(14)3-4-13(11)15/h3-4,7,10H,2,5-6,8-9,15H2,1H3. The molecule has 1 unspecified atom stereocenters. The predicted molar refractivity (Wildman–Crippen MR) is 69.5 cm³/mol. The predicted octanol–water partition coefficient (Wildman–Crippen LogP) is 3.15. The molecule has 2 rings (SSSR count). The number of halogens is 1. The molecule has 1 fully saturated rings. The highest BCUT2D eigenvalue weighted by Crippen LogP contribution is 2.24. The number of nitrogen functional groups attached to an aromatic ring is 1. The highest BCUT2D eigenvalue weighted by atomic mass is 35.5. The molecule has 16 heavy (non-hydrogen) atoms. The van der Waals surface area contributed by atoms with Crippen molar-refractivity contribution in [2.75, 3.05) is 18.8 Å². The van der Waals surface area contributed by atoms with Crippen LogP contribution in [0.3, 0.4) is 0 Å². The molecule has 0 amide bonds.